The lowest BCUT2D eigenvalue weighted by Crippen LogP contribution is -2.47. The fraction of sp³-hybridized carbons (Fsp3) is 0.471. The summed E-state index contributed by atoms with van der Waals surface area (Å²) in [7, 11) is 1.38. The molecule has 2 unspecified atom stereocenters. The highest BCUT2D eigenvalue weighted by atomic mass is 16.7. The van der Waals surface area contributed by atoms with Gasteiger partial charge in [-0.1, -0.05) is 32.0 Å². The monoisotopic (exact) mass is 650 g/mol. The van der Waals surface area contributed by atoms with Crippen molar-refractivity contribution in [2.75, 3.05) is 20.3 Å². The third-order valence-electron chi connectivity index (χ3n) is 8.54. The number of aliphatic hydroxyl groups excluding tert-OH is 1. The molecule has 0 spiro atoms. The van der Waals surface area contributed by atoms with Crippen molar-refractivity contribution in [1.82, 2.24) is 9.55 Å². The van der Waals surface area contributed by atoms with Gasteiger partial charge in [0.15, 0.2) is 6.29 Å². The number of hydrogen-bond acceptors (Lipinski definition) is 12. The molecular formula is C34H38N2O11. The number of Topliss-reactive ketones (excluding diaryl/α,β-unsaturated/α-hetero) is 1. The maximum absolute atomic E-state index is 13.7. The van der Waals surface area contributed by atoms with Gasteiger partial charge in [-0.15, -0.1) is 0 Å². The second-order valence-electron chi connectivity index (χ2n) is 11.5. The van der Waals surface area contributed by atoms with Gasteiger partial charge in [-0.2, -0.15) is 0 Å². The maximum atomic E-state index is 13.7. The van der Waals surface area contributed by atoms with Gasteiger partial charge in [0.1, 0.15) is 19.0 Å². The standard InChI is InChI=1S/C34H38N2O11/c1-4-23(17-37)46-30(43-3)19-44-28(39)12-10-22(38)11-13-29(40)47-34(5-2)25-15-27-31-21(14-20-8-6-7-9-26(20)35-31)16-36(27)32(41)24(25)18-45-33(34)42/h6-9,14-15,23,30,37H,4-5,10-13,16-19H2,1-3H3/t23?,30?,34-/m0/s1. The molecule has 3 atom stereocenters. The number of carbonyl (C=O) groups is 4. The molecule has 0 radical (unpaired) electrons. The highest BCUT2D eigenvalue weighted by Crippen LogP contribution is 2.41. The van der Waals surface area contributed by atoms with Crippen LogP contribution in [0.2, 0.25) is 0 Å². The van der Waals surface area contributed by atoms with Crippen LogP contribution in [0, 0.1) is 0 Å². The van der Waals surface area contributed by atoms with Gasteiger partial charge in [-0.05, 0) is 31.0 Å². The molecule has 0 aliphatic carbocycles. The van der Waals surface area contributed by atoms with Gasteiger partial charge in [0.25, 0.3) is 5.56 Å². The molecule has 5 rings (SSSR count). The van der Waals surface area contributed by atoms with Crippen molar-refractivity contribution in [3.05, 3.63) is 63.4 Å². The van der Waals surface area contributed by atoms with E-state index >= 15 is 0 Å². The Morgan fingerprint density at radius 2 is 1.81 bits per heavy atom. The van der Waals surface area contributed by atoms with Crippen LogP contribution in [0.3, 0.4) is 0 Å². The molecule has 0 amide bonds. The van der Waals surface area contributed by atoms with Crippen molar-refractivity contribution in [2.24, 2.45) is 0 Å². The molecule has 3 aromatic rings. The zero-order valence-corrected chi connectivity index (χ0v) is 26.6. The summed E-state index contributed by atoms with van der Waals surface area (Å²) in [6, 6.07) is 11.3. The van der Waals surface area contributed by atoms with Crippen molar-refractivity contribution >= 4 is 34.6 Å². The van der Waals surface area contributed by atoms with Crippen LogP contribution in [-0.2, 0) is 61.6 Å². The highest BCUT2D eigenvalue weighted by Gasteiger charge is 2.50. The normalized spacial score (nSPS) is 17.7. The summed E-state index contributed by atoms with van der Waals surface area (Å²) < 4.78 is 28.4. The summed E-state index contributed by atoms with van der Waals surface area (Å²) in [4.78, 5) is 69.5. The third kappa shape index (κ3) is 6.97. The van der Waals surface area contributed by atoms with Crippen molar-refractivity contribution in [3.63, 3.8) is 0 Å². The molecule has 47 heavy (non-hydrogen) atoms. The van der Waals surface area contributed by atoms with E-state index < -0.39 is 35.9 Å². The van der Waals surface area contributed by atoms with Gasteiger partial charge in [-0.25, -0.2) is 9.78 Å². The van der Waals surface area contributed by atoms with E-state index in [1.807, 2.05) is 37.3 Å². The van der Waals surface area contributed by atoms with Crippen LogP contribution in [0.4, 0.5) is 0 Å². The van der Waals surface area contributed by atoms with E-state index in [-0.39, 0.29) is 74.4 Å². The lowest BCUT2D eigenvalue weighted by Gasteiger charge is -2.35. The number of ketones is 1. The number of aliphatic hydroxyl groups is 1. The Bertz CT molecular complexity index is 1750. The van der Waals surface area contributed by atoms with Gasteiger partial charge >= 0.3 is 17.9 Å². The smallest absolute Gasteiger partial charge is 0.355 e. The van der Waals surface area contributed by atoms with Crippen LogP contribution in [0.1, 0.15) is 69.1 Å². The number of para-hydroxylation sites is 1. The molecule has 4 heterocycles. The van der Waals surface area contributed by atoms with E-state index in [2.05, 4.69) is 0 Å². The SMILES string of the molecule is CCC(CO)OC(COC(=O)CCC(=O)CCC(=O)O[C@]1(CC)C(=O)OCc2c1cc1n(c2=O)Cc2cc3ccccc3nc2-1)OC. The third-order valence-corrected chi connectivity index (χ3v) is 8.54. The van der Waals surface area contributed by atoms with Crippen LogP contribution in [0.25, 0.3) is 22.3 Å². The number of pyridine rings is 2. The first-order chi connectivity index (χ1) is 22.6. The Morgan fingerprint density at radius 1 is 1.06 bits per heavy atom. The van der Waals surface area contributed by atoms with Crippen molar-refractivity contribution in [3.8, 4) is 11.4 Å². The summed E-state index contributed by atoms with van der Waals surface area (Å²) in [6.07, 6.45) is -1.78. The highest BCUT2D eigenvalue weighted by molar-refractivity contribution is 5.90. The second-order valence-corrected chi connectivity index (χ2v) is 11.5. The first-order valence-corrected chi connectivity index (χ1v) is 15.7. The van der Waals surface area contributed by atoms with Crippen molar-refractivity contribution in [1.29, 1.82) is 0 Å². The minimum atomic E-state index is -1.88. The van der Waals surface area contributed by atoms with E-state index in [0.717, 1.165) is 16.5 Å². The van der Waals surface area contributed by atoms with Gasteiger partial charge in [0.05, 0.1) is 54.6 Å². The summed E-state index contributed by atoms with van der Waals surface area (Å²) in [5.41, 5.74) is 0.981. The number of nitrogens with zero attached hydrogens (tertiary/aromatic N) is 2. The molecular weight excluding hydrogens is 612 g/mol. The molecule has 2 aliphatic heterocycles. The number of ether oxygens (including phenoxy) is 5. The maximum Gasteiger partial charge on any atom is 0.355 e. The predicted molar refractivity (Wildman–Crippen MR) is 166 cm³/mol. The van der Waals surface area contributed by atoms with Crippen molar-refractivity contribution in [2.45, 2.75) is 83.5 Å². The Hall–Kier alpha value is -4.46. The topological polar surface area (TPSA) is 170 Å². The molecule has 13 heteroatoms. The number of aromatic nitrogens is 2. The number of hydrogen-bond donors (Lipinski definition) is 1. The largest absolute Gasteiger partial charge is 0.460 e. The number of rotatable bonds is 15. The molecule has 13 nitrogen and oxygen atoms in total. The molecule has 0 saturated carbocycles. The molecule has 2 aliphatic rings. The number of cyclic esters (lactones) is 1. The summed E-state index contributed by atoms with van der Waals surface area (Å²) in [6.45, 7) is 3.10. The fourth-order valence-electron chi connectivity index (χ4n) is 5.81. The Balaban J connectivity index is 1.23. The van der Waals surface area contributed by atoms with Crippen LogP contribution >= 0.6 is 0 Å². The lowest BCUT2D eigenvalue weighted by molar-refractivity contribution is -0.194. The van der Waals surface area contributed by atoms with Crippen molar-refractivity contribution < 1.29 is 48.0 Å². The van der Waals surface area contributed by atoms with Gasteiger partial charge in [0.2, 0.25) is 5.60 Å². The minimum absolute atomic E-state index is 0.00521. The minimum Gasteiger partial charge on any atom is -0.460 e. The van der Waals surface area contributed by atoms with E-state index in [0.29, 0.717) is 24.4 Å². The molecule has 0 saturated heterocycles. The van der Waals surface area contributed by atoms with Gasteiger partial charge < -0.3 is 33.4 Å². The number of fused-ring (bicyclic) bond motifs is 5. The number of esters is 3. The summed E-state index contributed by atoms with van der Waals surface area (Å²) in [5, 5.41) is 10.2. The first kappa shape index (κ1) is 33.9. The molecule has 0 bridgehead atoms. The lowest BCUT2D eigenvalue weighted by atomic mass is 9.85. The molecule has 1 N–H and O–H groups in total. The molecule has 0 fully saturated rings. The summed E-state index contributed by atoms with van der Waals surface area (Å²) in [5.74, 6) is -2.66. The van der Waals surface area contributed by atoms with E-state index in [4.69, 9.17) is 28.7 Å². The fourth-order valence-corrected chi connectivity index (χ4v) is 5.81. The van der Waals surface area contributed by atoms with E-state index in [1.54, 1.807) is 17.6 Å². The van der Waals surface area contributed by atoms with Crippen LogP contribution in [-0.4, -0.2) is 71.1 Å². The Labute approximate surface area is 270 Å². The number of carbonyl (C=O) groups excluding carboxylic acids is 4. The van der Waals surface area contributed by atoms with Crippen LogP contribution < -0.4 is 5.56 Å². The Morgan fingerprint density at radius 3 is 2.51 bits per heavy atom. The molecule has 2 aromatic heterocycles. The first-order valence-electron chi connectivity index (χ1n) is 15.7. The zero-order valence-electron chi connectivity index (χ0n) is 26.6. The summed E-state index contributed by atoms with van der Waals surface area (Å²) >= 11 is 0. The second kappa shape index (κ2) is 14.5. The number of methoxy groups -OCH3 is 1. The van der Waals surface area contributed by atoms with E-state index in [9.17, 15) is 29.1 Å². The zero-order chi connectivity index (χ0) is 33.7. The van der Waals surface area contributed by atoms with Crippen LogP contribution in [0.5, 0.6) is 0 Å². The van der Waals surface area contributed by atoms with Crippen LogP contribution in [0.15, 0.2) is 41.2 Å². The average molecular weight is 651 g/mol. The van der Waals surface area contributed by atoms with Gasteiger partial charge in [-0.3, -0.25) is 19.2 Å². The predicted octanol–water partition coefficient (Wildman–Crippen LogP) is 3.06. The number of benzene rings is 1. The van der Waals surface area contributed by atoms with Gasteiger partial charge in [0, 0.05) is 36.5 Å². The quantitative estimate of drug-likeness (QED) is 0.114. The van der Waals surface area contributed by atoms with E-state index in [1.165, 1.54) is 7.11 Å². The molecule has 1 aromatic carbocycles. The average Bonchev–Trinajstić information content (AvgIpc) is 3.44. The Kier molecular flexibility index (Phi) is 10.5. The molecule has 250 valence electrons.